The van der Waals surface area contributed by atoms with E-state index in [0.717, 1.165) is 31.1 Å². The molecule has 0 atom stereocenters. The highest BCUT2D eigenvalue weighted by Gasteiger charge is 2.06. The van der Waals surface area contributed by atoms with Crippen molar-refractivity contribution in [2.75, 3.05) is 13.2 Å². The minimum absolute atomic E-state index is 0.702. The van der Waals surface area contributed by atoms with E-state index in [4.69, 9.17) is 10.5 Å². The molecule has 0 spiro atoms. The summed E-state index contributed by atoms with van der Waals surface area (Å²) in [7, 11) is 0. The number of hydrogen-bond acceptors (Lipinski definition) is 2. The van der Waals surface area contributed by atoms with E-state index in [2.05, 4.69) is 39.8 Å². The summed E-state index contributed by atoms with van der Waals surface area (Å²) < 4.78 is 5.92. The number of nitrogens with two attached hydrogens (primary N) is 1. The Balaban J connectivity index is 2.60. The van der Waals surface area contributed by atoms with Crippen molar-refractivity contribution in [3.05, 3.63) is 28.8 Å². The van der Waals surface area contributed by atoms with Crippen LogP contribution in [-0.4, -0.2) is 13.2 Å². The molecular weight excluding hydrogens is 222 g/mol. The van der Waals surface area contributed by atoms with Gasteiger partial charge in [0, 0.05) is 0 Å². The Morgan fingerprint density at radius 1 is 1.17 bits per heavy atom. The largest absolute Gasteiger partial charge is 0.493 e. The minimum atomic E-state index is 0.702. The highest BCUT2D eigenvalue weighted by molar-refractivity contribution is 5.43. The molecule has 0 amide bonds. The molecule has 102 valence electrons. The molecule has 1 aromatic rings. The van der Waals surface area contributed by atoms with E-state index in [1.54, 1.807) is 0 Å². The minimum Gasteiger partial charge on any atom is -0.493 e. The normalized spacial score (nSPS) is 11.0. The monoisotopic (exact) mass is 249 g/mol. The molecule has 1 aromatic carbocycles. The van der Waals surface area contributed by atoms with Crippen LogP contribution in [0.15, 0.2) is 12.1 Å². The summed E-state index contributed by atoms with van der Waals surface area (Å²) >= 11 is 0. The molecule has 0 aliphatic carbocycles. The molecule has 1 rings (SSSR count). The fourth-order valence-electron chi connectivity index (χ4n) is 2.24. The van der Waals surface area contributed by atoms with Gasteiger partial charge in [-0.1, -0.05) is 26.0 Å². The van der Waals surface area contributed by atoms with E-state index in [1.165, 1.54) is 23.1 Å². The van der Waals surface area contributed by atoms with Crippen LogP contribution in [0.5, 0.6) is 5.75 Å². The average molecular weight is 249 g/mol. The lowest BCUT2D eigenvalue weighted by Crippen LogP contribution is -2.05. The van der Waals surface area contributed by atoms with Crippen LogP contribution in [0.25, 0.3) is 0 Å². The lowest BCUT2D eigenvalue weighted by Gasteiger charge is -2.14. The van der Waals surface area contributed by atoms with Gasteiger partial charge in [-0.15, -0.1) is 0 Å². The number of benzene rings is 1. The first-order valence-corrected chi connectivity index (χ1v) is 6.97. The van der Waals surface area contributed by atoms with Crippen LogP contribution in [0.1, 0.15) is 43.4 Å². The Labute approximate surface area is 112 Å². The molecule has 0 unspecified atom stereocenters. The maximum absolute atomic E-state index is 5.92. The van der Waals surface area contributed by atoms with Gasteiger partial charge in [0.05, 0.1) is 6.61 Å². The fourth-order valence-corrected chi connectivity index (χ4v) is 2.24. The first-order chi connectivity index (χ1) is 8.54. The van der Waals surface area contributed by atoms with Crippen molar-refractivity contribution >= 4 is 0 Å². The van der Waals surface area contributed by atoms with Crippen LogP contribution in [-0.2, 0) is 6.42 Å². The highest BCUT2D eigenvalue weighted by Crippen LogP contribution is 2.25. The molecule has 2 N–H and O–H groups in total. The third-order valence-corrected chi connectivity index (χ3v) is 3.13. The number of rotatable bonds is 7. The molecule has 0 saturated carbocycles. The quantitative estimate of drug-likeness (QED) is 0.749. The van der Waals surface area contributed by atoms with Crippen molar-refractivity contribution < 1.29 is 4.74 Å². The molecule has 0 fully saturated rings. The molecule has 0 saturated heterocycles. The SMILES string of the molecule is Cc1cc(CCN)cc(C)c1OCCCC(C)C. The van der Waals surface area contributed by atoms with Gasteiger partial charge in [0.2, 0.25) is 0 Å². The van der Waals surface area contributed by atoms with E-state index < -0.39 is 0 Å². The summed E-state index contributed by atoms with van der Waals surface area (Å²) in [6.07, 6.45) is 3.29. The Bertz CT molecular complexity index is 348. The molecule has 0 aliphatic rings. The highest BCUT2D eigenvalue weighted by atomic mass is 16.5. The van der Waals surface area contributed by atoms with Crippen LogP contribution in [0, 0.1) is 19.8 Å². The molecule has 18 heavy (non-hydrogen) atoms. The standard InChI is InChI=1S/C16H27NO/c1-12(2)6-5-9-18-16-13(3)10-15(7-8-17)11-14(16)4/h10-12H,5-9,17H2,1-4H3. The Kier molecular flexibility index (Phi) is 6.20. The topological polar surface area (TPSA) is 35.2 Å². The van der Waals surface area contributed by atoms with Gasteiger partial charge in [-0.25, -0.2) is 0 Å². The predicted molar refractivity (Wildman–Crippen MR) is 78.2 cm³/mol. The fraction of sp³-hybridized carbons (Fsp3) is 0.625. The van der Waals surface area contributed by atoms with E-state index in [-0.39, 0.29) is 0 Å². The zero-order chi connectivity index (χ0) is 13.5. The number of hydrogen-bond donors (Lipinski definition) is 1. The summed E-state index contributed by atoms with van der Waals surface area (Å²) in [6.45, 7) is 10.2. The second-order valence-corrected chi connectivity index (χ2v) is 5.48. The average Bonchev–Trinajstić information content (AvgIpc) is 2.27. The van der Waals surface area contributed by atoms with Crippen LogP contribution >= 0.6 is 0 Å². The molecule has 0 heterocycles. The Morgan fingerprint density at radius 2 is 1.78 bits per heavy atom. The first-order valence-electron chi connectivity index (χ1n) is 6.97. The van der Waals surface area contributed by atoms with Gasteiger partial charge < -0.3 is 10.5 Å². The summed E-state index contributed by atoms with van der Waals surface area (Å²) in [4.78, 5) is 0. The van der Waals surface area contributed by atoms with Crippen molar-refractivity contribution in [3.8, 4) is 5.75 Å². The summed E-state index contributed by atoms with van der Waals surface area (Å²) in [6, 6.07) is 4.38. The number of ether oxygens (including phenoxy) is 1. The van der Waals surface area contributed by atoms with Gasteiger partial charge in [0.25, 0.3) is 0 Å². The Hall–Kier alpha value is -1.02. The summed E-state index contributed by atoms with van der Waals surface area (Å²) in [5.74, 6) is 1.81. The van der Waals surface area contributed by atoms with Gasteiger partial charge in [-0.05, 0) is 62.3 Å². The van der Waals surface area contributed by atoms with E-state index in [1.807, 2.05) is 0 Å². The van der Waals surface area contributed by atoms with Crippen LogP contribution < -0.4 is 10.5 Å². The third kappa shape index (κ3) is 4.69. The lowest BCUT2D eigenvalue weighted by molar-refractivity contribution is 0.294. The number of aryl methyl sites for hydroxylation is 2. The second kappa shape index (κ2) is 7.42. The van der Waals surface area contributed by atoms with Gasteiger partial charge in [0.15, 0.2) is 0 Å². The molecular formula is C16H27NO. The van der Waals surface area contributed by atoms with Gasteiger partial charge >= 0.3 is 0 Å². The summed E-state index contributed by atoms with van der Waals surface area (Å²) in [5, 5.41) is 0. The van der Waals surface area contributed by atoms with Crippen molar-refractivity contribution in [3.63, 3.8) is 0 Å². The molecule has 0 bridgehead atoms. The predicted octanol–water partition coefficient (Wildman–Crippen LogP) is 3.62. The van der Waals surface area contributed by atoms with Crippen molar-refractivity contribution in [1.29, 1.82) is 0 Å². The third-order valence-electron chi connectivity index (χ3n) is 3.13. The maximum atomic E-state index is 5.92. The van der Waals surface area contributed by atoms with Crippen LogP contribution in [0.4, 0.5) is 0 Å². The smallest absolute Gasteiger partial charge is 0.125 e. The van der Waals surface area contributed by atoms with Crippen molar-refractivity contribution in [2.45, 2.75) is 47.0 Å². The van der Waals surface area contributed by atoms with Crippen molar-refractivity contribution in [2.24, 2.45) is 11.7 Å². The van der Waals surface area contributed by atoms with E-state index in [9.17, 15) is 0 Å². The van der Waals surface area contributed by atoms with Crippen LogP contribution in [0.3, 0.4) is 0 Å². The van der Waals surface area contributed by atoms with E-state index in [0.29, 0.717) is 6.54 Å². The molecule has 0 aliphatic heterocycles. The zero-order valence-electron chi connectivity index (χ0n) is 12.3. The zero-order valence-corrected chi connectivity index (χ0v) is 12.3. The summed E-state index contributed by atoms with van der Waals surface area (Å²) in [5.41, 5.74) is 9.35. The van der Waals surface area contributed by atoms with Gasteiger partial charge in [0.1, 0.15) is 5.75 Å². The maximum Gasteiger partial charge on any atom is 0.125 e. The Morgan fingerprint density at radius 3 is 2.28 bits per heavy atom. The van der Waals surface area contributed by atoms with Crippen LogP contribution in [0.2, 0.25) is 0 Å². The van der Waals surface area contributed by atoms with E-state index >= 15 is 0 Å². The van der Waals surface area contributed by atoms with Gasteiger partial charge in [-0.2, -0.15) is 0 Å². The molecule has 2 nitrogen and oxygen atoms in total. The lowest BCUT2D eigenvalue weighted by atomic mass is 10.0. The second-order valence-electron chi connectivity index (χ2n) is 5.48. The van der Waals surface area contributed by atoms with Gasteiger partial charge in [-0.3, -0.25) is 0 Å². The van der Waals surface area contributed by atoms with Crippen molar-refractivity contribution in [1.82, 2.24) is 0 Å². The first kappa shape index (κ1) is 15.0. The molecule has 0 radical (unpaired) electrons. The molecule has 0 aromatic heterocycles. The molecule has 2 heteroatoms.